The summed E-state index contributed by atoms with van der Waals surface area (Å²) in [5.74, 6) is 0. The Morgan fingerprint density at radius 2 is 2.14 bits per heavy atom. The summed E-state index contributed by atoms with van der Waals surface area (Å²) in [6, 6.07) is 4.23. The summed E-state index contributed by atoms with van der Waals surface area (Å²) in [5.41, 5.74) is 1.28. The standard InChI is InChI=1S/C9H10N2S2.BrH/c1-10-9-11(2)7(6-13-9)8-4-3-5-12-8;/h3-6H,1-2H3;1H. The number of hydrogen-bond acceptors (Lipinski definition) is 3. The zero-order valence-corrected chi connectivity index (χ0v) is 11.2. The minimum absolute atomic E-state index is 0. The van der Waals surface area contributed by atoms with E-state index in [-0.39, 0.29) is 17.0 Å². The number of thiophene rings is 1. The number of rotatable bonds is 2. The smallest absolute Gasteiger partial charge is 0.333 e. The van der Waals surface area contributed by atoms with Crippen LogP contribution in [0.4, 0.5) is 5.13 Å². The quantitative estimate of drug-likeness (QED) is 0.727. The maximum absolute atomic E-state index is 3.16. The minimum atomic E-state index is 0. The van der Waals surface area contributed by atoms with Gasteiger partial charge in [0.2, 0.25) is 0 Å². The van der Waals surface area contributed by atoms with Gasteiger partial charge >= 0.3 is 5.13 Å². The molecule has 0 saturated carbocycles. The molecule has 0 spiro atoms. The van der Waals surface area contributed by atoms with Crippen LogP contribution in [0, 0.1) is 0 Å². The van der Waals surface area contributed by atoms with Crippen molar-refractivity contribution in [1.82, 2.24) is 0 Å². The SMILES string of the molecule is CNc1scc(-c2cccs2)[n+]1C.[Br-]. The van der Waals surface area contributed by atoms with Gasteiger partial charge in [-0.05, 0) is 11.4 Å². The largest absolute Gasteiger partial charge is 1.00 e. The van der Waals surface area contributed by atoms with E-state index in [1.807, 2.05) is 7.05 Å². The predicted octanol–water partition coefficient (Wildman–Crippen LogP) is -0.653. The molecule has 2 heterocycles. The maximum Gasteiger partial charge on any atom is 0.333 e. The van der Waals surface area contributed by atoms with Gasteiger partial charge in [-0.2, -0.15) is 0 Å². The van der Waals surface area contributed by atoms with Crippen molar-refractivity contribution in [3.63, 3.8) is 0 Å². The number of halogens is 1. The van der Waals surface area contributed by atoms with Gasteiger partial charge in [0, 0.05) is 5.38 Å². The third kappa shape index (κ3) is 1.99. The molecule has 14 heavy (non-hydrogen) atoms. The first-order chi connectivity index (χ1) is 6.33. The zero-order valence-electron chi connectivity index (χ0n) is 7.95. The normalized spacial score (nSPS) is 9.57. The van der Waals surface area contributed by atoms with Gasteiger partial charge in [0.1, 0.15) is 0 Å². The van der Waals surface area contributed by atoms with E-state index < -0.39 is 0 Å². The number of hydrogen-bond donors (Lipinski definition) is 1. The molecule has 2 aromatic heterocycles. The third-order valence-corrected chi connectivity index (χ3v) is 3.87. The van der Waals surface area contributed by atoms with Crippen LogP contribution in [0.3, 0.4) is 0 Å². The molecule has 1 N–H and O–H groups in total. The molecule has 2 nitrogen and oxygen atoms in total. The molecule has 0 fully saturated rings. The van der Waals surface area contributed by atoms with E-state index in [0.29, 0.717) is 0 Å². The molecule has 0 aliphatic heterocycles. The molecule has 2 aromatic rings. The van der Waals surface area contributed by atoms with E-state index >= 15 is 0 Å². The van der Waals surface area contributed by atoms with Crippen LogP contribution in [0.5, 0.6) is 0 Å². The Morgan fingerprint density at radius 3 is 2.64 bits per heavy atom. The van der Waals surface area contributed by atoms with Crippen LogP contribution in [0.1, 0.15) is 0 Å². The first kappa shape index (κ1) is 11.7. The molecule has 76 valence electrons. The highest BCUT2D eigenvalue weighted by Gasteiger charge is 2.13. The Labute approximate surface area is 102 Å². The van der Waals surface area contributed by atoms with E-state index in [2.05, 4.69) is 39.8 Å². The molecule has 5 heteroatoms. The Morgan fingerprint density at radius 1 is 1.36 bits per heavy atom. The van der Waals surface area contributed by atoms with Crippen molar-refractivity contribution in [2.45, 2.75) is 0 Å². The molecule has 2 rings (SSSR count). The van der Waals surface area contributed by atoms with Crippen molar-refractivity contribution in [2.75, 3.05) is 12.4 Å². The van der Waals surface area contributed by atoms with Crippen LogP contribution < -0.4 is 26.9 Å². The first-order valence-corrected chi connectivity index (χ1v) is 5.78. The summed E-state index contributed by atoms with van der Waals surface area (Å²) < 4.78 is 2.18. The van der Waals surface area contributed by atoms with Crippen molar-refractivity contribution in [3.05, 3.63) is 22.9 Å². The monoisotopic (exact) mass is 290 g/mol. The second-order valence-electron chi connectivity index (χ2n) is 2.71. The summed E-state index contributed by atoms with van der Waals surface area (Å²) in [5, 5.41) is 8.63. The van der Waals surface area contributed by atoms with Gasteiger partial charge in [0.25, 0.3) is 0 Å². The minimum Gasteiger partial charge on any atom is -1.00 e. The molecule has 0 aliphatic carbocycles. The summed E-state index contributed by atoms with van der Waals surface area (Å²) in [6.07, 6.45) is 0. The van der Waals surface area contributed by atoms with Crippen molar-refractivity contribution in [3.8, 4) is 10.6 Å². The van der Waals surface area contributed by atoms with Gasteiger partial charge in [-0.15, -0.1) is 11.3 Å². The zero-order chi connectivity index (χ0) is 9.26. The Bertz CT molecular complexity index is 395. The van der Waals surface area contributed by atoms with Crippen LogP contribution in [0.2, 0.25) is 0 Å². The lowest BCUT2D eigenvalue weighted by Gasteiger charge is -1.94. The summed E-state index contributed by atoms with van der Waals surface area (Å²) >= 11 is 3.50. The molecule has 0 aliphatic rings. The molecule has 0 unspecified atom stereocenters. The highest BCUT2D eigenvalue weighted by molar-refractivity contribution is 7.15. The van der Waals surface area contributed by atoms with E-state index in [1.165, 1.54) is 15.7 Å². The van der Waals surface area contributed by atoms with Crippen LogP contribution in [0.25, 0.3) is 10.6 Å². The van der Waals surface area contributed by atoms with E-state index in [1.54, 1.807) is 22.7 Å². The topological polar surface area (TPSA) is 15.9 Å². The van der Waals surface area contributed by atoms with Gasteiger partial charge in [-0.3, -0.25) is 5.32 Å². The van der Waals surface area contributed by atoms with E-state index in [4.69, 9.17) is 0 Å². The summed E-state index contributed by atoms with van der Waals surface area (Å²) in [6.45, 7) is 0. The van der Waals surface area contributed by atoms with Crippen LogP contribution in [0.15, 0.2) is 22.9 Å². The Balaban J connectivity index is 0.000000980. The fourth-order valence-electron chi connectivity index (χ4n) is 1.25. The van der Waals surface area contributed by atoms with Gasteiger partial charge in [-0.25, -0.2) is 4.57 Å². The number of nitrogens with zero attached hydrogens (tertiary/aromatic N) is 1. The average molecular weight is 291 g/mol. The van der Waals surface area contributed by atoms with Crippen LogP contribution in [-0.2, 0) is 7.05 Å². The number of nitrogens with one attached hydrogen (secondary N) is 1. The fraction of sp³-hybridized carbons (Fsp3) is 0.222. The lowest BCUT2D eigenvalue weighted by atomic mass is 10.4. The van der Waals surface area contributed by atoms with E-state index in [9.17, 15) is 0 Å². The average Bonchev–Trinajstić information content (AvgIpc) is 2.72. The molecule has 0 amide bonds. The molecule has 0 saturated heterocycles. The van der Waals surface area contributed by atoms with Crippen molar-refractivity contribution in [1.29, 1.82) is 0 Å². The highest BCUT2D eigenvalue weighted by atomic mass is 79.9. The Kier molecular flexibility index (Phi) is 4.10. The van der Waals surface area contributed by atoms with E-state index in [0.717, 1.165) is 0 Å². The number of anilines is 1. The third-order valence-electron chi connectivity index (χ3n) is 1.94. The lowest BCUT2D eigenvalue weighted by Crippen LogP contribution is -3.00. The van der Waals surface area contributed by atoms with Crippen LogP contribution >= 0.6 is 22.7 Å². The second-order valence-corrected chi connectivity index (χ2v) is 4.52. The van der Waals surface area contributed by atoms with Crippen LogP contribution in [-0.4, -0.2) is 7.05 Å². The molecule has 0 atom stereocenters. The first-order valence-electron chi connectivity index (χ1n) is 4.02. The van der Waals surface area contributed by atoms with Crippen molar-refractivity contribution in [2.24, 2.45) is 7.05 Å². The predicted molar refractivity (Wildman–Crippen MR) is 58.4 cm³/mol. The molecular formula is C9H11BrN2S2. The number of thiazole rings is 1. The lowest BCUT2D eigenvalue weighted by molar-refractivity contribution is -0.641. The molecule has 0 radical (unpaired) electrons. The van der Waals surface area contributed by atoms with Gasteiger partial charge in [0.15, 0.2) is 5.69 Å². The highest BCUT2D eigenvalue weighted by Crippen LogP contribution is 2.25. The maximum atomic E-state index is 3.16. The van der Waals surface area contributed by atoms with Gasteiger partial charge in [-0.1, -0.05) is 17.4 Å². The van der Waals surface area contributed by atoms with Crippen molar-refractivity contribution < 1.29 is 21.5 Å². The second kappa shape index (κ2) is 4.91. The fourth-order valence-corrected chi connectivity index (χ4v) is 2.99. The van der Waals surface area contributed by atoms with Gasteiger partial charge in [0.05, 0.1) is 19.0 Å². The summed E-state index contributed by atoms with van der Waals surface area (Å²) in [4.78, 5) is 1.32. The van der Waals surface area contributed by atoms with Gasteiger partial charge < -0.3 is 17.0 Å². The molecule has 0 bridgehead atoms. The molecule has 0 aromatic carbocycles. The Hall–Kier alpha value is -0.390. The molecular weight excluding hydrogens is 280 g/mol. The number of aromatic nitrogens is 1. The summed E-state index contributed by atoms with van der Waals surface area (Å²) in [7, 11) is 4.03. The van der Waals surface area contributed by atoms with Crippen molar-refractivity contribution >= 4 is 27.8 Å².